The number of rotatable bonds is 7. The highest BCUT2D eigenvalue weighted by Gasteiger charge is 2.10. The Hall–Kier alpha value is -1.88. The Balaban J connectivity index is 2.06. The fourth-order valence-corrected chi connectivity index (χ4v) is 1.85. The fourth-order valence-electron chi connectivity index (χ4n) is 1.85. The topological polar surface area (TPSA) is 74.2 Å². The summed E-state index contributed by atoms with van der Waals surface area (Å²) in [5.41, 5.74) is 6.50. The molecule has 108 valence electrons. The van der Waals surface area contributed by atoms with Crippen molar-refractivity contribution in [3.63, 3.8) is 0 Å². The predicted octanol–water partition coefficient (Wildman–Crippen LogP) is 2.66. The number of hydrogen-bond donors (Lipinski definition) is 1. The third kappa shape index (κ3) is 3.81. The van der Waals surface area contributed by atoms with Gasteiger partial charge in [-0.3, -0.25) is 0 Å². The van der Waals surface area contributed by atoms with Crippen LogP contribution in [0.2, 0.25) is 0 Å². The molecule has 5 nitrogen and oxygen atoms in total. The summed E-state index contributed by atoms with van der Waals surface area (Å²) in [4.78, 5) is 4.41. The van der Waals surface area contributed by atoms with E-state index in [0.717, 1.165) is 24.2 Å². The average Bonchev–Trinajstić information content (AvgIpc) is 2.94. The Morgan fingerprint density at radius 3 is 3.00 bits per heavy atom. The quantitative estimate of drug-likeness (QED) is 0.840. The highest BCUT2D eigenvalue weighted by molar-refractivity contribution is 5.56. The second-order valence-corrected chi connectivity index (χ2v) is 4.85. The first-order chi connectivity index (χ1) is 9.72. The van der Waals surface area contributed by atoms with Crippen LogP contribution >= 0.6 is 0 Å². The average molecular weight is 275 g/mol. The van der Waals surface area contributed by atoms with E-state index in [1.807, 2.05) is 31.2 Å². The van der Waals surface area contributed by atoms with Crippen LogP contribution in [0.4, 0.5) is 0 Å². The van der Waals surface area contributed by atoms with Gasteiger partial charge in [-0.2, -0.15) is 4.98 Å². The molecule has 0 saturated heterocycles. The molecule has 0 aliphatic rings. The first-order valence-corrected chi connectivity index (χ1v) is 6.98. The molecule has 0 fully saturated rings. The van der Waals surface area contributed by atoms with Crippen LogP contribution in [0, 0.1) is 5.92 Å². The maximum absolute atomic E-state index is 5.60. The Kier molecular flexibility index (Phi) is 5.12. The van der Waals surface area contributed by atoms with E-state index in [2.05, 4.69) is 17.1 Å². The third-order valence-electron chi connectivity index (χ3n) is 3.12. The molecule has 20 heavy (non-hydrogen) atoms. The Morgan fingerprint density at radius 2 is 2.25 bits per heavy atom. The van der Waals surface area contributed by atoms with Crippen molar-refractivity contribution >= 4 is 0 Å². The number of hydrogen-bond acceptors (Lipinski definition) is 5. The number of benzene rings is 1. The molecule has 1 heterocycles. The van der Waals surface area contributed by atoms with Crippen LogP contribution in [-0.4, -0.2) is 23.3 Å². The molecule has 1 aromatic carbocycles. The maximum Gasteiger partial charge on any atom is 0.226 e. The molecule has 0 radical (unpaired) electrons. The molecule has 2 N–H and O–H groups in total. The van der Waals surface area contributed by atoms with E-state index in [1.165, 1.54) is 0 Å². The van der Waals surface area contributed by atoms with E-state index in [9.17, 15) is 0 Å². The molecule has 2 rings (SSSR count). The van der Waals surface area contributed by atoms with Gasteiger partial charge in [0.1, 0.15) is 5.75 Å². The lowest BCUT2D eigenvalue weighted by Gasteiger charge is -2.04. The zero-order chi connectivity index (χ0) is 14.4. The van der Waals surface area contributed by atoms with Crippen LogP contribution < -0.4 is 10.5 Å². The van der Waals surface area contributed by atoms with Crippen LogP contribution in [0.25, 0.3) is 11.4 Å². The van der Waals surface area contributed by atoms with Crippen LogP contribution in [0.3, 0.4) is 0 Å². The number of nitrogens with zero attached hydrogens (tertiary/aromatic N) is 2. The normalized spacial score (nSPS) is 12.3. The van der Waals surface area contributed by atoms with Gasteiger partial charge < -0.3 is 15.0 Å². The summed E-state index contributed by atoms with van der Waals surface area (Å²) in [6, 6.07) is 7.70. The van der Waals surface area contributed by atoms with Crippen molar-refractivity contribution in [3.8, 4) is 17.1 Å². The van der Waals surface area contributed by atoms with E-state index in [0.29, 0.717) is 30.8 Å². The van der Waals surface area contributed by atoms with Gasteiger partial charge in [0.25, 0.3) is 0 Å². The molecule has 0 spiro atoms. The molecule has 1 unspecified atom stereocenters. The molecule has 1 atom stereocenters. The first kappa shape index (κ1) is 14.5. The van der Waals surface area contributed by atoms with Gasteiger partial charge in [-0.05, 0) is 37.9 Å². The molecule has 1 aromatic heterocycles. The molecule has 0 bridgehead atoms. The van der Waals surface area contributed by atoms with Crippen LogP contribution in [0.15, 0.2) is 28.8 Å². The lowest BCUT2D eigenvalue weighted by molar-refractivity contribution is 0.340. The summed E-state index contributed by atoms with van der Waals surface area (Å²) >= 11 is 0. The number of ether oxygens (including phenoxy) is 1. The monoisotopic (exact) mass is 275 g/mol. The third-order valence-corrected chi connectivity index (χ3v) is 3.12. The molecule has 0 saturated carbocycles. The van der Waals surface area contributed by atoms with Gasteiger partial charge in [0, 0.05) is 12.0 Å². The summed E-state index contributed by atoms with van der Waals surface area (Å²) in [5.74, 6) is 2.53. The van der Waals surface area contributed by atoms with Gasteiger partial charge in [0.2, 0.25) is 11.7 Å². The molecular weight excluding hydrogens is 254 g/mol. The number of aryl methyl sites for hydroxylation is 1. The second-order valence-electron chi connectivity index (χ2n) is 4.85. The molecule has 0 aliphatic heterocycles. The van der Waals surface area contributed by atoms with Crippen molar-refractivity contribution in [2.45, 2.75) is 26.7 Å². The van der Waals surface area contributed by atoms with Gasteiger partial charge in [-0.1, -0.05) is 24.2 Å². The fraction of sp³-hybridized carbons (Fsp3) is 0.467. The van der Waals surface area contributed by atoms with E-state index < -0.39 is 0 Å². The Bertz CT molecular complexity index is 539. The molecule has 2 aromatic rings. The summed E-state index contributed by atoms with van der Waals surface area (Å²) in [7, 11) is 0. The molecule has 0 aliphatic carbocycles. The summed E-state index contributed by atoms with van der Waals surface area (Å²) in [6.45, 7) is 5.38. The number of aromatic nitrogens is 2. The van der Waals surface area contributed by atoms with E-state index in [1.54, 1.807) is 0 Å². The molecule has 5 heteroatoms. The molecule has 0 amide bonds. The van der Waals surface area contributed by atoms with E-state index in [4.69, 9.17) is 15.0 Å². The van der Waals surface area contributed by atoms with Gasteiger partial charge in [0.15, 0.2) is 0 Å². The van der Waals surface area contributed by atoms with Gasteiger partial charge in [-0.25, -0.2) is 0 Å². The lowest BCUT2D eigenvalue weighted by Crippen LogP contribution is -2.11. The van der Waals surface area contributed by atoms with Crippen molar-refractivity contribution in [3.05, 3.63) is 30.2 Å². The minimum atomic E-state index is 0.464. The summed E-state index contributed by atoms with van der Waals surface area (Å²) < 4.78 is 10.7. The minimum Gasteiger partial charge on any atom is -0.494 e. The van der Waals surface area contributed by atoms with Crippen LogP contribution in [-0.2, 0) is 6.42 Å². The van der Waals surface area contributed by atoms with E-state index >= 15 is 0 Å². The first-order valence-electron chi connectivity index (χ1n) is 6.98. The smallest absolute Gasteiger partial charge is 0.226 e. The van der Waals surface area contributed by atoms with Crippen molar-refractivity contribution in [1.82, 2.24) is 10.1 Å². The zero-order valence-electron chi connectivity index (χ0n) is 12.0. The standard InChI is InChI=1S/C15H21N3O2/c1-3-19-13-6-4-5-12(9-13)15-17-14(20-18-15)8-7-11(2)10-16/h4-6,9,11H,3,7-8,10,16H2,1-2H3. The van der Waals surface area contributed by atoms with Crippen molar-refractivity contribution in [2.75, 3.05) is 13.2 Å². The predicted molar refractivity (Wildman–Crippen MR) is 77.4 cm³/mol. The van der Waals surface area contributed by atoms with Crippen molar-refractivity contribution in [2.24, 2.45) is 11.7 Å². The minimum absolute atomic E-state index is 0.464. The highest BCUT2D eigenvalue weighted by atomic mass is 16.5. The van der Waals surface area contributed by atoms with Crippen molar-refractivity contribution < 1.29 is 9.26 Å². The largest absolute Gasteiger partial charge is 0.494 e. The highest BCUT2D eigenvalue weighted by Crippen LogP contribution is 2.22. The summed E-state index contributed by atoms with van der Waals surface area (Å²) in [5, 5.41) is 4.02. The van der Waals surface area contributed by atoms with Crippen molar-refractivity contribution in [1.29, 1.82) is 0 Å². The molecular formula is C15H21N3O2. The van der Waals surface area contributed by atoms with Crippen LogP contribution in [0.1, 0.15) is 26.2 Å². The SMILES string of the molecule is CCOc1cccc(-c2noc(CCC(C)CN)n2)c1. The number of nitrogens with two attached hydrogens (primary N) is 1. The van der Waals surface area contributed by atoms with Gasteiger partial charge in [0.05, 0.1) is 6.61 Å². The second kappa shape index (κ2) is 7.05. The van der Waals surface area contributed by atoms with E-state index in [-0.39, 0.29) is 0 Å². The zero-order valence-corrected chi connectivity index (χ0v) is 12.0. The lowest BCUT2D eigenvalue weighted by atomic mass is 10.1. The summed E-state index contributed by atoms with van der Waals surface area (Å²) in [6.07, 6.45) is 1.72. The van der Waals surface area contributed by atoms with Crippen LogP contribution in [0.5, 0.6) is 5.75 Å². The Morgan fingerprint density at radius 1 is 1.40 bits per heavy atom. The van der Waals surface area contributed by atoms with Gasteiger partial charge >= 0.3 is 0 Å². The van der Waals surface area contributed by atoms with Gasteiger partial charge in [-0.15, -0.1) is 0 Å². The maximum atomic E-state index is 5.60. The Labute approximate surface area is 119 Å².